The lowest BCUT2D eigenvalue weighted by Gasteiger charge is -2.14. The molecule has 35 heavy (non-hydrogen) atoms. The van der Waals surface area contributed by atoms with E-state index in [1.807, 2.05) is 0 Å². The molecule has 3 aromatic carbocycles. The fourth-order valence-corrected chi connectivity index (χ4v) is 3.36. The van der Waals surface area contributed by atoms with Crippen molar-refractivity contribution in [2.24, 2.45) is 0 Å². The zero-order valence-electron chi connectivity index (χ0n) is 18.6. The van der Waals surface area contributed by atoms with Crippen LogP contribution in [0.25, 0.3) is 11.1 Å². The Bertz CT molecular complexity index is 1360. The Morgan fingerprint density at radius 2 is 1.69 bits per heavy atom. The third-order valence-electron chi connectivity index (χ3n) is 5.18. The monoisotopic (exact) mass is 474 g/mol. The van der Waals surface area contributed by atoms with Crippen molar-refractivity contribution in [2.75, 3.05) is 7.11 Å². The molecule has 6 nitrogen and oxygen atoms in total. The van der Waals surface area contributed by atoms with Gasteiger partial charge in [0.05, 0.1) is 24.4 Å². The number of nitrogens with one attached hydrogen (secondary N) is 1. The molecule has 1 amide bonds. The lowest BCUT2D eigenvalue weighted by atomic mass is 10.0. The average molecular weight is 474 g/mol. The molecular formula is C27H20F2N2O4. The van der Waals surface area contributed by atoms with Crippen LogP contribution in [0.1, 0.15) is 26.3 Å². The second-order valence-electron chi connectivity index (χ2n) is 7.49. The van der Waals surface area contributed by atoms with Crippen molar-refractivity contribution in [3.8, 4) is 22.6 Å². The van der Waals surface area contributed by atoms with Crippen LogP contribution < -0.4 is 10.1 Å². The number of aromatic nitrogens is 1. The summed E-state index contributed by atoms with van der Waals surface area (Å²) in [6.07, 6.45) is 2.55. The number of carbonyl (C=O) groups excluding carboxylic acids is 2. The molecule has 1 heterocycles. The van der Waals surface area contributed by atoms with Gasteiger partial charge in [-0.3, -0.25) is 9.78 Å². The van der Waals surface area contributed by atoms with Gasteiger partial charge in [-0.2, -0.15) is 0 Å². The van der Waals surface area contributed by atoms with Crippen LogP contribution >= 0.6 is 0 Å². The van der Waals surface area contributed by atoms with E-state index in [0.29, 0.717) is 16.9 Å². The molecule has 176 valence electrons. The van der Waals surface area contributed by atoms with Crippen LogP contribution in [-0.4, -0.2) is 24.0 Å². The second kappa shape index (κ2) is 10.6. The van der Waals surface area contributed by atoms with E-state index in [0.717, 1.165) is 11.8 Å². The number of rotatable bonds is 7. The molecule has 1 N–H and O–H groups in total. The second-order valence-corrected chi connectivity index (χ2v) is 7.49. The molecule has 0 atom stereocenters. The van der Waals surface area contributed by atoms with Crippen LogP contribution in [0.3, 0.4) is 0 Å². The number of halogens is 2. The first-order valence-electron chi connectivity index (χ1n) is 10.6. The Kier molecular flexibility index (Phi) is 7.11. The van der Waals surface area contributed by atoms with Crippen LogP contribution in [0.5, 0.6) is 11.5 Å². The summed E-state index contributed by atoms with van der Waals surface area (Å²) < 4.78 is 38.1. The van der Waals surface area contributed by atoms with Gasteiger partial charge >= 0.3 is 5.97 Å². The van der Waals surface area contributed by atoms with Gasteiger partial charge in [0.25, 0.3) is 5.91 Å². The predicted octanol–water partition coefficient (Wildman–Crippen LogP) is 5.54. The van der Waals surface area contributed by atoms with Crippen molar-refractivity contribution in [1.29, 1.82) is 0 Å². The van der Waals surface area contributed by atoms with Crippen LogP contribution in [0, 0.1) is 11.6 Å². The molecule has 0 aliphatic carbocycles. The number of benzene rings is 3. The summed E-state index contributed by atoms with van der Waals surface area (Å²) in [5.41, 5.74) is 2.05. The Morgan fingerprint density at radius 1 is 0.943 bits per heavy atom. The summed E-state index contributed by atoms with van der Waals surface area (Å²) in [6, 6.07) is 18.2. The van der Waals surface area contributed by atoms with Crippen molar-refractivity contribution in [1.82, 2.24) is 10.3 Å². The van der Waals surface area contributed by atoms with Crippen molar-refractivity contribution in [3.05, 3.63) is 114 Å². The zero-order chi connectivity index (χ0) is 24.8. The Morgan fingerprint density at radius 3 is 2.37 bits per heavy atom. The fraction of sp³-hybridized carbons (Fsp3) is 0.0741. The molecule has 8 heteroatoms. The molecule has 0 bridgehead atoms. The molecule has 4 rings (SSSR count). The first-order chi connectivity index (χ1) is 16.9. The lowest BCUT2D eigenvalue weighted by Crippen LogP contribution is -2.23. The van der Waals surface area contributed by atoms with Gasteiger partial charge in [-0.15, -0.1) is 0 Å². The summed E-state index contributed by atoms with van der Waals surface area (Å²) >= 11 is 0. The smallest absolute Gasteiger partial charge is 0.337 e. The zero-order valence-corrected chi connectivity index (χ0v) is 18.6. The third kappa shape index (κ3) is 5.67. The molecule has 0 unspecified atom stereocenters. The molecule has 0 aliphatic heterocycles. The van der Waals surface area contributed by atoms with E-state index in [4.69, 9.17) is 4.74 Å². The summed E-state index contributed by atoms with van der Waals surface area (Å²) in [5.74, 6) is -1.32. The average Bonchev–Trinajstić information content (AvgIpc) is 2.89. The number of methoxy groups -OCH3 is 1. The van der Waals surface area contributed by atoms with Gasteiger partial charge in [-0.25, -0.2) is 13.6 Å². The number of hydrogen-bond donors (Lipinski definition) is 1. The van der Waals surface area contributed by atoms with Crippen molar-refractivity contribution < 1.29 is 27.8 Å². The Labute approximate surface area is 200 Å². The molecule has 4 aromatic rings. The summed E-state index contributed by atoms with van der Waals surface area (Å²) in [6.45, 7) is 0.171. The van der Waals surface area contributed by atoms with Gasteiger partial charge < -0.3 is 14.8 Å². The first-order valence-corrected chi connectivity index (χ1v) is 10.6. The summed E-state index contributed by atoms with van der Waals surface area (Å²) in [7, 11) is 1.30. The molecule has 0 saturated carbocycles. The minimum absolute atomic E-state index is 0.161. The van der Waals surface area contributed by atoms with E-state index in [1.54, 1.807) is 36.4 Å². The highest BCUT2D eigenvalue weighted by molar-refractivity contribution is 5.98. The summed E-state index contributed by atoms with van der Waals surface area (Å²) in [5, 5.41) is 2.81. The van der Waals surface area contributed by atoms with E-state index in [2.05, 4.69) is 15.0 Å². The molecule has 0 spiro atoms. The quantitative estimate of drug-likeness (QED) is 0.356. The largest absolute Gasteiger partial charge is 0.465 e. The third-order valence-corrected chi connectivity index (χ3v) is 5.18. The Hall–Kier alpha value is -4.59. The normalized spacial score (nSPS) is 10.5. The molecule has 0 saturated heterocycles. The van der Waals surface area contributed by atoms with Crippen LogP contribution in [0.2, 0.25) is 0 Å². The number of esters is 1. The standard InChI is InChI=1S/C27H20F2N2O4/c1-34-27(33)18-4-2-17(3-5-18)15-31-26(32)23-14-19(22-12-13-30-16-24(22)29)6-11-25(23)35-21-9-7-20(28)8-10-21/h2-14,16H,15H2,1H3,(H,31,32). The van der Waals surface area contributed by atoms with E-state index in [9.17, 15) is 18.4 Å². The first kappa shape index (κ1) is 23.6. The topological polar surface area (TPSA) is 77.5 Å². The summed E-state index contributed by atoms with van der Waals surface area (Å²) in [4.78, 5) is 28.5. The van der Waals surface area contributed by atoms with E-state index in [-0.39, 0.29) is 23.4 Å². The number of hydrogen-bond acceptors (Lipinski definition) is 5. The lowest BCUT2D eigenvalue weighted by molar-refractivity contribution is 0.0600. The number of pyridine rings is 1. The van der Waals surface area contributed by atoms with Crippen LogP contribution in [0.4, 0.5) is 8.78 Å². The van der Waals surface area contributed by atoms with Crippen molar-refractivity contribution >= 4 is 11.9 Å². The highest BCUT2D eigenvalue weighted by Crippen LogP contribution is 2.31. The van der Waals surface area contributed by atoms with Crippen LogP contribution in [-0.2, 0) is 11.3 Å². The van der Waals surface area contributed by atoms with E-state index < -0.39 is 23.5 Å². The number of nitrogens with zero attached hydrogens (tertiary/aromatic N) is 1. The molecule has 0 aliphatic rings. The van der Waals surface area contributed by atoms with Gasteiger partial charge in [0.15, 0.2) is 0 Å². The Balaban J connectivity index is 1.61. The van der Waals surface area contributed by atoms with Crippen molar-refractivity contribution in [3.63, 3.8) is 0 Å². The SMILES string of the molecule is COC(=O)c1ccc(CNC(=O)c2cc(-c3ccncc3F)ccc2Oc2ccc(F)cc2)cc1. The minimum Gasteiger partial charge on any atom is -0.465 e. The van der Waals surface area contributed by atoms with Gasteiger partial charge in [-0.1, -0.05) is 18.2 Å². The molecule has 0 fully saturated rings. The number of ether oxygens (including phenoxy) is 2. The van der Waals surface area contributed by atoms with Gasteiger partial charge in [0, 0.05) is 18.3 Å². The minimum atomic E-state index is -0.531. The van der Waals surface area contributed by atoms with Gasteiger partial charge in [0.1, 0.15) is 23.1 Å². The molecular weight excluding hydrogens is 454 g/mol. The van der Waals surface area contributed by atoms with E-state index in [1.165, 1.54) is 49.7 Å². The molecule has 0 radical (unpaired) electrons. The van der Waals surface area contributed by atoms with E-state index >= 15 is 0 Å². The highest BCUT2D eigenvalue weighted by atomic mass is 19.1. The maximum absolute atomic E-state index is 14.3. The predicted molar refractivity (Wildman–Crippen MR) is 125 cm³/mol. The number of carbonyl (C=O) groups is 2. The van der Waals surface area contributed by atoms with Gasteiger partial charge in [-0.05, 0) is 65.7 Å². The molecule has 1 aromatic heterocycles. The van der Waals surface area contributed by atoms with Gasteiger partial charge in [0.2, 0.25) is 0 Å². The maximum Gasteiger partial charge on any atom is 0.337 e. The fourth-order valence-electron chi connectivity index (χ4n) is 3.36. The van der Waals surface area contributed by atoms with Crippen molar-refractivity contribution in [2.45, 2.75) is 6.54 Å². The highest BCUT2D eigenvalue weighted by Gasteiger charge is 2.17. The number of amides is 1. The maximum atomic E-state index is 14.3. The van der Waals surface area contributed by atoms with Crippen LogP contribution in [0.15, 0.2) is 85.2 Å².